The zero-order valence-corrected chi connectivity index (χ0v) is 4.83. The molecule has 0 heterocycles. The Morgan fingerprint density at radius 2 is 2.17 bits per heavy atom. The van der Waals surface area contributed by atoms with E-state index in [0.29, 0.717) is 0 Å². The summed E-state index contributed by atoms with van der Waals surface area (Å²) >= 11 is 2.71. The Kier molecular flexibility index (Phi) is 2.32. The average Bonchev–Trinajstić information content (AvgIpc) is 1.36. The van der Waals surface area contributed by atoms with Gasteiger partial charge in [0, 0.05) is 0 Å². The van der Waals surface area contributed by atoms with Crippen LogP contribution in [0.2, 0.25) is 0 Å². The van der Waals surface area contributed by atoms with E-state index < -0.39 is 10.9 Å². The predicted molar refractivity (Wildman–Crippen MR) is 24.5 cm³/mol. The first-order chi connectivity index (χ1) is 2.64. The topological polar surface area (TPSA) is 17.1 Å². The van der Waals surface area contributed by atoms with E-state index in [2.05, 4.69) is 15.9 Å². The van der Waals surface area contributed by atoms with Crippen molar-refractivity contribution in [2.45, 2.75) is 11.8 Å². The Labute approximate surface area is 43.7 Å². The van der Waals surface area contributed by atoms with Gasteiger partial charge in [-0.2, -0.15) is 4.39 Å². The Morgan fingerprint density at radius 3 is 2.17 bits per heavy atom. The van der Waals surface area contributed by atoms with Crippen molar-refractivity contribution < 1.29 is 9.18 Å². The van der Waals surface area contributed by atoms with Crippen LogP contribution in [0, 0.1) is 0 Å². The minimum absolute atomic E-state index is 0.641. The van der Waals surface area contributed by atoms with Gasteiger partial charge >= 0.3 is 6.04 Å². The molecule has 0 aliphatic heterocycles. The Balaban J connectivity index is 3.26. The first kappa shape index (κ1) is 6.08. The molecule has 0 saturated carbocycles. The van der Waals surface area contributed by atoms with Crippen molar-refractivity contribution in [2.75, 3.05) is 0 Å². The van der Waals surface area contributed by atoms with Gasteiger partial charge < -0.3 is 0 Å². The number of halogens is 2. The molecule has 0 fully saturated rings. The number of rotatable bonds is 1. The number of hydrogen-bond donors (Lipinski definition) is 0. The van der Waals surface area contributed by atoms with Crippen molar-refractivity contribution in [1.29, 1.82) is 0 Å². The Morgan fingerprint density at radius 1 is 2.00 bits per heavy atom. The first-order valence-corrected chi connectivity index (χ1v) is 2.39. The second kappa shape index (κ2) is 2.29. The fourth-order valence-electron chi connectivity index (χ4n) is 0. The van der Waals surface area contributed by atoms with Crippen LogP contribution in [-0.2, 0) is 4.79 Å². The third-order valence-corrected chi connectivity index (χ3v) is 0.673. The van der Waals surface area contributed by atoms with Gasteiger partial charge in [0.15, 0.2) is 0 Å². The van der Waals surface area contributed by atoms with E-state index in [0.717, 1.165) is 0 Å². The molecule has 0 radical (unpaired) electrons. The summed E-state index contributed by atoms with van der Waals surface area (Å²) in [5, 5.41) is 0. The first-order valence-electron chi connectivity index (χ1n) is 1.48. The molecule has 0 bridgehead atoms. The summed E-state index contributed by atoms with van der Waals surface area (Å²) in [5.74, 6) is 0. The van der Waals surface area contributed by atoms with Gasteiger partial charge in [-0.1, -0.05) is 15.9 Å². The summed E-state index contributed by atoms with van der Waals surface area (Å²) in [5.41, 5.74) is 0. The van der Waals surface area contributed by atoms with Crippen LogP contribution in [0.25, 0.3) is 0 Å². The highest BCUT2D eigenvalue weighted by Gasteiger charge is 2.03. The lowest BCUT2D eigenvalue weighted by atomic mass is 10.5. The van der Waals surface area contributed by atoms with E-state index in [1.54, 1.807) is 0 Å². The molecule has 1 unspecified atom stereocenters. The van der Waals surface area contributed by atoms with Crippen molar-refractivity contribution in [2.24, 2.45) is 0 Å². The molecule has 3 heteroatoms. The van der Waals surface area contributed by atoms with E-state index in [1.807, 2.05) is 0 Å². The van der Waals surface area contributed by atoms with Crippen LogP contribution in [0.1, 0.15) is 6.92 Å². The third-order valence-electron chi connectivity index (χ3n) is 0.313. The minimum atomic E-state index is -1.32. The van der Waals surface area contributed by atoms with Crippen molar-refractivity contribution in [3.63, 3.8) is 0 Å². The zero-order chi connectivity index (χ0) is 5.15. The van der Waals surface area contributed by atoms with Gasteiger partial charge in [-0.3, -0.25) is 4.79 Å². The highest BCUT2D eigenvalue weighted by molar-refractivity contribution is 9.10. The van der Waals surface area contributed by atoms with Crippen molar-refractivity contribution in [3.05, 3.63) is 0 Å². The molecular weight excluding hydrogens is 151 g/mol. The third kappa shape index (κ3) is 2.33. The molecule has 1 nitrogen and oxygen atoms in total. The second-order valence-corrected chi connectivity index (χ2v) is 2.29. The Bertz CT molecular complexity index is 61.8. The number of carbonyl (C=O) groups excluding carboxylic acids is 1. The smallest absolute Gasteiger partial charge is 0.260 e. The van der Waals surface area contributed by atoms with Crippen molar-refractivity contribution >= 4 is 22.0 Å². The van der Waals surface area contributed by atoms with E-state index in [-0.39, 0.29) is 0 Å². The van der Waals surface area contributed by atoms with E-state index in [9.17, 15) is 9.18 Å². The quantitative estimate of drug-likeness (QED) is 0.411. The molecule has 0 aliphatic rings. The second-order valence-electron chi connectivity index (χ2n) is 0.920. The van der Waals surface area contributed by atoms with Crippen LogP contribution in [0.5, 0.6) is 0 Å². The number of carbonyl (C=O) groups is 1. The van der Waals surface area contributed by atoms with E-state index >= 15 is 0 Å². The summed E-state index contributed by atoms with van der Waals surface area (Å²) in [7, 11) is 0. The molecule has 0 amide bonds. The van der Waals surface area contributed by atoms with Gasteiger partial charge in [0.2, 0.25) is 0 Å². The lowest BCUT2D eigenvalue weighted by Gasteiger charge is -1.83. The fourth-order valence-corrected chi connectivity index (χ4v) is 0. The summed E-state index contributed by atoms with van der Waals surface area (Å²) in [4.78, 5) is 8.79. The van der Waals surface area contributed by atoms with Gasteiger partial charge in [-0.25, -0.2) is 0 Å². The van der Waals surface area contributed by atoms with Crippen LogP contribution in [0.15, 0.2) is 0 Å². The molecule has 0 saturated heterocycles. The van der Waals surface area contributed by atoms with Gasteiger partial charge in [0.05, 0.1) is 0 Å². The maximum absolute atomic E-state index is 11.1. The highest BCUT2D eigenvalue weighted by atomic mass is 79.9. The summed E-state index contributed by atoms with van der Waals surface area (Å²) in [6.45, 7) is 1.43. The molecule has 6 heavy (non-hydrogen) atoms. The largest absolute Gasteiger partial charge is 0.314 e. The van der Waals surface area contributed by atoms with Crippen LogP contribution in [-0.4, -0.2) is 10.9 Å². The maximum Gasteiger partial charge on any atom is 0.314 e. The summed E-state index contributed by atoms with van der Waals surface area (Å²) < 4.78 is 11.1. The van der Waals surface area contributed by atoms with Crippen LogP contribution in [0.4, 0.5) is 4.39 Å². The lowest BCUT2D eigenvalue weighted by molar-refractivity contribution is -0.128. The van der Waals surface area contributed by atoms with Gasteiger partial charge in [0.1, 0.15) is 4.83 Å². The lowest BCUT2D eigenvalue weighted by Crippen LogP contribution is -1.99. The maximum atomic E-state index is 11.1. The molecule has 0 aromatic rings. The normalized spacial score (nSPS) is 13.8. The zero-order valence-electron chi connectivity index (χ0n) is 3.24. The number of hydrogen-bond acceptors (Lipinski definition) is 1. The van der Waals surface area contributed by atoms with E-state index in [1.165, 1.54) is 6.92 Å². The molecular formula is C3H4BrFO. The van der Waals surface area contributed by atoms with E-state index in [4.69, 9.17) is 0 Å². The molecule has 0 aromatic carbocycles. The van der Waals surface area contributed by atoms with Gasteiger partial charge in [-0.15, -0.1) is 0 Å². The van der Waals surface area contributed by atoms with Crippen molar-refractivity contribution in [3.8, 4) is 0 Å². The SMILES string of the molecule is CC(Br)C(=O)F. The Hall–Kier alpha value is 0.0800. The number of alkyl halides is 1. The molecule has 1 atom stereocenters. The molecule has 0 rings (SSSR count). The summed E-state index contributed by atoms with van der Waals surface area (Å²) in [6, 6.07) is -1.32. The van der Waals surface area contributed by atoms with Crippen LogP contribution >= 0.6 is 15.9 Å². The highest BCUT2D eigenvalue weighted by Crippen LogP contribution is 1.97. The van der Waals surface area contributed by atoms with Crippen LogP contribution < -0.4 is 0 Å². The van der Waals surface area contributed by atoms with Gasteiger partial charge in [-0.05, 0) is 6.92 Å². The molecule has 36 valence electrons. The molecule has 0 spiro atoms. The molecule has 0 N–H and O–H groups in total. The molecule has 0 aromatic heterocycles. The van der Waals surface area contributed by atoms with Crippen LogP contribution in [0.3, 0.4) is 0 Å². The summed E-state index contributed by atoms with van der Waals surface area (Å²) in [6.07, 6.45) is 0. The fraction of sp³-hybridized carbons (Fsp3) is 0.667. The monoisotopic (exact) mass is 154 g/mol. The van der Waals surface area contributed by atoms with Gasteiger partial charge in [0.25, 0.3) is 0 Å². The predicted octanol–water partition coefficient (Wildman–Crippen LogP) is 1.27. The minimum Gasteiger partial charge on any atom is -0.260 e. The standard InChI is InChI=1S/C3H4BrFO/c1-2(4)3(5)6/h2H,1H3. The molecule has 0 aliphatic carbocycles. The average molecular weight is 155 g/mol. The van der Waals surface area contributed by atoms with Crippen molar-refractivity contribution in [1.82, 2.24) is 0 Å².